The third kappa shape index (κ3) is 3.26. The molecule has 0 spiro atoms. The molecule has 1 aromatic heterocycles. The highest BCUT2D eigenvalue weighted by Crippen LogP contribution is 2.27. The van der Waals surface area contributed by atoms with E-state index in [9.17, 15) is 9.18 Å². The van der Waals surface area contributed by atoms with E-state index in [0.717, 1.165) is 0 Å². The van der Waals surface area contributed by atoms with Crippen LogP contribution in [0.3, 0.4) is 0 Å². The van der Waals surface area contributed by atoms with Gasteiger partial charge in [-0.25, -0.2) is 9.37 Å². The number of aryl methyl sites for hydroxylation is 1. The average Bonchev–Trinajstić information content (AvgIpc) is 3.21. The minimum Gasteiger partial charge on any atom is -0.491 e. The molecule has 3 rings (SSSR count). The fourth-order valence-electron chi connectivity index (χ4n) is 2.82. The Bertz CT molecular complexity index is 716. The molecule has 2 heterocycles. The lowest BCUT2D eigenvalue weighted by Gasteiger charge is -2.27. The second-order valence-corrected chi connectivity index (χ2v) is 5.97. The van der Waals surface area contributed by atoms with Crippen LogP contribution in [-0.2, 0) is 11.8 Å². The van der Waals surface area contributed by atoms with E-state index in [1.165, 1.54) is 12.1 Å². The number of halogens is 1. The number of methoxy groups -OCH3 is 1. The molecule has 0 N–H and O–H groups in total. The van der Waals surface area contributed by atoms with Gasteiger partial charge in [0, 0.05) is 33.1 Å². The van der Waals surface area contributed by atoms with Crippen molar-refractivity contribution in [2.45, 2.75) is 12.0 Å². The Morgan fingerprint density at radius 1 is 1.38 bits per heavy atom. The Labute approximate surface area is 139 Å². The third-order valence-electron chi connectivity index (χ3n) is 4.36. The highest BCUT2D eigenvalue weighted by molar-refractivity contribution is 5.91. The number of imidazole rings is 1. The summed E-state index contributed by atoms with van der Waals surface area (Å²) in [5.41, 5.74) is -0.574. The van der Waals surface area contributed by atoms with Crippen molar-refractivity contribution >= 4 is 5.91 Å². The molecule has 1 atom stereocenters. The van der Waals surface area contributed by atoms with Gasteiger partial charge in [0.15, 0.2) is 5.82 Å². The summed E-state index contributed by atoms with van der Waals surface area (Å²) in [6.07, 6.45) is 4.01. The average molecular weight is 333 g/mol. The molecule has 0 saturated carbocycles. The highest BCUT2D eigenvalue weighted by Gasteiger charge is 2.42. The number of nitrogens with zero attached hydrogens (tertiary/aromatic N) is 3. The predicted molar refractivity (Wildman–Crippen MR) is 85.4 cm³/mol. The fourth-order valence-corrected chi connectivity index (χ4v) is 2.82. The van der Waals surface area contributed by atoms with Crippen molar-refractivity contribution in [3.63, 3.8) is 0 Å². The van der Waals surface area contributed by atoms with Gasteiger partial charge in [0.05, 0.1) is 6.54 Å². The molecule has 1 fully saturated rings. The molecule has 0 radical (unpaired) electrons. The smallest absolute Gasteiger partial charge is 0.289 e. The van der Waals surface area contributed by atoms with Crippen LogP contribution in [0.1, 0.15) is 17.0 Å². The molecule has 1 aliphatic rings. The van der Waals surface area contributed by atoms with Crippen molar-refractivity contribution in [2.75, 3.05) is 26.8 Å². The molecular weight excluding hydrogens is 313 g/mol. The Balaban J connectivity index is 1.65. The van der Waals surface area contributed by atoms with E-state index in [1.807, 2.05) is 0 Å². The van der Waals surface area contributed by atoms with E-state index in [2.05, 4.69) is 4.98 Å². The zero-order chi connectivity index (χ0) is 17.2. The van der Waals surface area contributed by atoms with Gasteiger partial charge in [-0.2, -0.15) is 0 Å². The van der Waals surface area contributed by atoms with Crippen molar-refractivity contribution < 1.29 is 18.7 Å². The highest BCUT2D eigenvalue weighted by atomic mass is 19.1. The van der Waals surface area contributed by atoms with Crippen molar-refractivity contribution in [3.8, 4) is 5.75 Å². The molecule has 1 amide bonds. The third-order valence-corrected chi connectivity index (χ3v) is 4.36. The number of amides is 1. The minimum atomic E-state index is -0.574. The lowest BCUT2D eigenvalue weighted by molar-refractivity contribution is -0.0343. The van der Waals surface area contributed by atoms with Crippen LogP contribution < -0.4 is 4.74 Å². The van der Waals surface area contributed by atoms with Crippen LogP contribution in [0.5, 0.6) is 5.75 Å². The number of ether oxygens (including phenoxy) is 2. The van der Waals surface area contributed by atoms with Crippen LogP contribution >= 0.6 is 0 Å². The van der Waals surface area contributed by atoms with Crippen LogP contribution in [-0.4, -0.2) is 52.8 Å². The molecule has 128 valence electrons. The first-order valence-corrected chi connectivity index (χ1v) is 7.73. The molecule has 2 aromatic rings. The number of rotatable bonds is 5. The molecule has 1 aliphatic heterocycles. The monoisotopic (exact) mass is 333 g/mol. The fraction of sp³-hybridized carbons (Fsp3) is 0.412. The van der Waals surface area contributed by atoms with Crippen LogP contribution in [0.25, 0.3) is 0 Å². The summed E-state index contributed by atoms with van der Waals surface area (Å²) >= 11 is 0. The molecule has 1 aromatic carbocycles. The number of carbonyl (C=O) groups is 1. The number of hydrogen-bond donors (Lipinski definition) is 0. The summed E-state index contributed by atoms with van der Waals surface area (Å²) in [5.74, 6) is 0.544. The van der Waals surface area contributed by atoms with E-state index in [-0.39, 0.29) is 11.7 Å². The maximum Gasteiger partial charge on any atom is 0.289 e. The molecular formula is C17H20FN3O3. The van der Waals surface area contributed by atoms with E-state index in [0.29, 0.717) is 37.7 Å². The Kier molecular flexibility index (Phi) is 4.53. The Morgan fingerprint density at radius 2 is 2.12 bits per heavy atom. The van der Waals surface area contributed by atoms with Gasteiger partial charge in [0.25, 0.3) is 5.91 Å². The van der Waals surface area contributed by atoms with Gasteiger partial charge in [-0.3, -0.25) is 4.79 Å². The quantitative estimate of drug-likeness (QED) is 0.838. The first kappa shape index (κ1) is 16.4. The van der Waals surface area contributed by atoms with E-state index in [4.69, 9.17) is 9.47 Å². The maximum atomic E-state index is 12.9. The first-order chi connectivity index (χ1) is 11.5. The zero-order valence-electron chi connectivity index (χ0n) is 13.7. The molecule has 7 heteroatoms. The van der Waals surface area contributed by atoms with Gasteiger partial charge in [-0.05, 0) is 30.7 Å². The molecule has 1 saturated heterocycles. The van der Waals surface area contributed by atoms with Gasteiger partial charge >= 0.3 is 0 Å². The molecule has 6 nitrogen and oxygen atoms in total. The first-order valence-electron chi connectivity index (χ1n) is 7.73. The number of benzene rings is 1. The van der Waals surface area contributed by atoms with Gasteiger partial charge < -0.3 is 18.9 Å². The lowest BCUT2D eigenvalue weighted by Crippen LogP contribution is -2.42. The molecule has 1 unspecified atom stereocenters. The van der Waals surface area contributed by atoms with Crippen molar-refractivity contribution in [1.29, 1.82) is 0 Å². The Morgan fingerprint density at radius 3 is 2.75 bits per heavy atom. The normalized spacial score (nSPS) is 20.4. The summed E-state index contributed by atoms with van der Waals surface area (Å²) in [7, 11) is 3.40. The van der Waals surface area contributed by atoms with Crippen LogP contribution in [0, 0.1) is 5.82 Å². The van der Waals surface area contributed by atoms with E-state index in [1.54, 1.807) is 48.2 Å². The summed E-state index contributed by atoms with van der Waals surface area (Å²) in [6.45, 7) is 1.29. The van der Waals surface area contributed by atoms with Crippen molar-refractivity contribution in [3.05, 3.63) is 48.3 Å². The number of hydrogen-bond acceptors (Lipinski definition) is 4. The van der Waals surface area contributed by atoms with Gasteiger partial charge in [0.1, 0.15) is 23.8 Å². The Hall–Kier alpha value is -2.41. The summed E-state index contributed by atoms with van der Waals surface area (Å²) in [4.78, 5) is 18.4. The number of aromatic nitrogens is 2. The standard InChI is InChI=1S/C17H20FN3O3/c1-20-10-8-19-15(20)16(22)21-9-7-17(11-21,23-2)12-24-14-5-3-13(18)4-6-14/h3-6,8,10H,7,9,11-12H2,1-2H3. The minimum absolute atomic E-state index is 0.122. The lowest BCUT2D eigenvalue weighted by atomic mass is 10.0. The summed E-state index contributed by atoms with van der Waals surface area (Å²) < 4.78 is 26.0. The zero-order valence-corrected chi connectivity index (χ0v) is 13.7. The van der Waals surface area contributed by atoms with Crippen molar-refractivity contribution in [1.82, 2.24) is 14.5 Å². The molecule has 0 aliphatic carbocycles. The van der Waals surface area contributed by atoms with Crippen LogP contribution in [0.15, 0.2) is 36.7 Å². The molecule has 24 heavy (non-hydrogen) atoms. The second-order valence-electron chi connectivity index (χ2n) is 5.97. The SMILES string of the molecule is COC1(COc2ccc(F)cc2)CCN(C(=O)c2nccn2C)C1. The van der Waals surface area contributed by atoms with Crippen LogP contribution in [0.2, 0.25) is 0 Å². The summed E-state index contributed by atoms with van der Waals surface area (Å²) in [6, 6.07) is 5.84. The predicted octanol–water partition coefficient (Wildman–Crippen LogP) is 1.87. The number of carbonyl (C=O) groups excluding carboxylic acids is 1. The topological polar surface area (TPSA) is 56.6 Å². The maximum absolute atomic E-state index is 12.9. The second kappa shape index (κ2) is 6.60. The van der Waals surface area contributed by atoms with E-state index < -0.39 is 5.60 Å². The van der Waals surface area contributed by atoms with Crippen molar-refractivity contribution in [2.24, 2.45) is 7.05 Å². The summed E-state index contributed by atoms with van der Waals surface area (Å²) in [5, 5.41) is 0. The van der Waals surface area contributed by atoms with Crippen LogP contribution in [0.4, 0.5) is 4.39 Å². The number of likely N-dealkylation sites (tertiary alicyclic amines) is 1. The van der Waals surface area contributed by atoms with Gasteiger partial charge in [-0.15, -0.1) is 0 Å². The van der Waals surface area contributed by atoms with E-state index >= 15 is 0 Å². The van der Waals surface area contributed by atoms with Gasteiger partial charge in [-0.1, -0.05) is 0 Å². The largest absolute Gasteiger partial charge is 0.491 e. The van der Waals surface area contributed by atoms with Gasteiger partial charge in [0.2, 0.25) is 0 Å². The molecule has 0 bridgehead atoms.